The van der Waals surface area contributed by atoms with Gasteiger partial charge in [-0.05, 0) is 18.2 Å². The summed E-state index contributed by atoms with van der Waals surface area (Å²) in [7, 11) is 0. The number of nitrogens with zero attached hydrogens (tertiary/aromatic N) is 2. The summed E-state index contributed by atoms with van der Waals surface area (Å²) < 4.78 is 26.2. The molecule has 20 heavy (non-hydrogen) atoms. The van der Waals surface area contributed by atoms with Crippen LogP contribution >= 0.6 is 11.8 Å². The molecule has 0 unspecified atom stereocenters. The van der Waals surface area contributed by atoms with Gasteiger partial charge < -0.3 is 11.1 Å². The molecule has 2 aromatic rings. The number of carbonyl (C=O) groups is 1. The third kappa shape index (κ3) is 3.95. The summed E-state index contributed by atoms with van der Waals surface area (Å²) >= 11 is 0.387. The number of carbonyl (C=O) groups excluding carboxylic acids is 1. The van der Waals surface area contributed by atoms with Gasteiger partial charge in [0.25, 0.3) is 5.76 Å². The minimum atomic E-state index is -2.54. The summed E-state index contributed by atoms with van der Waals surface area (Å²) in [6.07, 6.45) is 1.56. The van der Waals surface area contributed by atoms with Crippen molar-refractivity contribution in [3.63, 3.8) is 0 Å². The molecule has 0 bridgehead atoms. The Hall–Kier alpha value is -2.09. The number of thioether (sulfide) groups is 1. The van der Waals surface area contributed by atoms with Gasteiger partial charge in [-0.3, -0.25) is 9.48 Å². The fraction of sp³-hybridized carbons (Fsp3) is 0.167. The van der Waals surface area contributed by atoms with Crippen LogP contribution in [-0.4, -0.2) is 21.4 Å². The van der Waals surface area contributed by atoms with Crippen LogP contribution in [0.2, 0.25) is 0 Å². The summed E-state index contributed by atoms with van der Waals surface area (Å²) in [5.74, 6) is -2.60. The number of alkyl halides is 2. The summed E-state index contributed by atoms with van der Waals surface area (Å²) in [5, 5.41) is 6.45. The van der Waals surface area contributed by atoms with Crippen molar-refractivity contribution in [3.05, 3.63) is 36.5 Å². The van der Waals surface area contributed by atoms with Crippen molar-refractivity contribution < 1.29 is 13.6 Å². The van der Waals surface area contributed by atoms with Crippen LogP contribution in [0.3, 0.4) is 0 Å². The van der Waals surface area contributed by atoms with Crippen LogP contribution in [0.1, 0.15) is 0 Å². The van der Waals surface area contributed by atoms with E-state index in [1.807, 2.05) is 0 Å². The van der Waals surface area contributed by atoms with Crippen molar-refractivity contribution in [2.24, 2.45) is 0 Å². The van der Waals surface area contributed by atoms with Crippen molar-refractivity contribution in [2.75, 3.05) is 11.1 Å². The molecule has 0 saturated carbocycles. The van der Waals surface area contributed by atoms with Crippen LogP contribution in [0.15, 0.2) is 41.4 Å². The Kier molecular flexibility index (Phi) is 4.57. The Morgan fingerprint density at radius 1 is 1.40 bits per heavy atom. The fourth-order valence-electron chi connectivity index (χ4n) is 1.57. The first-order valence-electron chi connectivity index (χ1n) is 5.67. The van der Waals surface area contributed by atoms with E-state index in [0.717, 1.165) is 0 Å². The number of aromatic nitrogens is 2. The summed E-state index contributed by atoms with van der Waals surface area (Å²) in [4.78, 5) is 12.1. The second-order valence-electron chi connectivity index (χ2n) is 3.86. The number of hydrogen-bond donors (Lipinski definition) is 2. The van der Waals surface area contributed by atoms with E-state index in [-0.39, 0.29) is 12.5 Å². The molecule has 0 fully saturated rings. The lowest BCUT2D eigenvalue weighted by atomic mass is 10.3. The van der Waals surface area contributed by atoms with E-state index in [1.165, 1.54) is 10.7 Å². The van der Waals surface area contributed by atoms with Crippen molar-refractivity contribution in [3.8, 4) is 0 Å². The number of nitrogens with two attached hydrogens (primary N) is 1. The van der Waals surface area contributed by atoms with Crippen LogP contribution in [0.25, 0.3) is 0 Å². The standard InChI is InChI=1S/C12H12F2N4OS/c13-12(14)20-9-4-2-1-3-8(9)16-11(19)7-18-6-5-10(15)17-18/h1-6,12H,7H2,(H2,15,17)(H,16,19). The number of halogens is 2. The highest BCUT2D eigenvalue weighted by molar-refractivity contribution is 7.99. The molecule has 1 amide bonds. The van der Waals surface area contributed by atoms with E-state index < -0.39 is 5.76 Å². The number of nitrogen functional groups attached to an aromatic ring is 1. The smallest absolute Gasteiger partial charge is 0.288 e. The van der Waals surface area contributed by atoms with Gasteiger partial charge in [-0.1, -0.05) is 23.9 Å². The molecule has 1 heterocycles. The average Bonchev–Trinajstić information content (AvgIpc) is 2.76. The van der Waals surface area contributed by atoms with Gasteiger partial charge in [0.1, 0.15) is 12.4 Å². The van der Waals surface area contributed by atoms with Gasteiger partial charge in [0.2, 0.25) is 5.91 Å². The van der Waals surface area contributed by atoms with E-state index >= 15 is 0 Å². The second kappa shape index (κ2) is 6.38. The minimum absolute atomic E-state index is 0.0368. The van der Waals surface area contributed by atoms with Crippen LogP contribution in [0.4, 0.5) is 20.3 Å². The molecule has 2 rings (SSSR count). The molecule has 1 aromatic carbocycles. The number of benzene rings is 1. The number of para-hydroxylation sites is 1. The van der Waals surface area contributed by atoms with Gasteiger partial charge in [0.05, 0.1) is 5.69 Å². The lowest BCUT2D eigenvalue weighted by Crippen LogP contribution is -2.19. The van der Waals surface area contributed by atoms with E-state index in [9.17, 15) is 13.6 Å². The van der Waals surface area contributed by atoms with Crippen molar-refractivity contribution in [1.82, 2.24) is 9.78 Å². The topological polar surface area (TPSA) is 72.9 Å². The summed E-state index contributed by atoms with van der Waals surface area (Å²) in [5.41, 5.74) is 5.79. The van der Waals surface area contributed by atoms with Gasteiger partial charge in [0, 0.05) is 11.1 Å². The summed E-state index contributed by atoms with van der Waals surface area (Å²) in [6.45, 7) is -0.0368. The van der Waals surface area contributed by atoms with Crippen LogP contribution in [0.5, 0.6) is 0 Å². The Balaban J connectivity index is 2.04. The molecule has 5 nitrogen and oxygen atoms in total. The first-order chi connectivity index (χ1) is 9.54. The molecule has 0 saturated heterocycles. The third-order valence-electron chi connectivity index (χ3n) is 2.34. The predicted octanol–water partition coefficient (Wildman–Crippen LogP) is 2.42. The molecule has 0 radical (unpaired) electrons. The normalized spacial score (nSPS) is 10.8. The lowest BCUT2D eigenvalue weighted by molar-refractivity contribution is -0.116. The zero-order chi connectivity index (χ0) is 14.5. The van der Waals surface area contributed by atoms with E-state index in [0.29, 0.717) is 28.2 Å². The predicted molar refractivity (Wildman–Crippen MR) is 73.6 cm³/mol. The average molecular weight is 298 g/mol. The Bertz CT molecular complexity index is 603. The molecule has 1 aromatic heterocycles. The number of rotatable bonds is 5. The quantitative estimate of drug-likeness (QED) is 0.831. The number of amides is 1. The Morgan fingerprint density at radius 3 is 2.80 bits per heavy atom. The van der Waals surface area contributed by atoms with Gasteiger partial charge in [-0.25, -0.2) is 0 Å². The molecule has 0 aliphatic carbocycles. The maximum Gasteiger partial charge on any atom is 0.288 e. The van der Waals surface area contributed by atoms with Gasteiger partial charge in [-0.15, -0.1) is 0 Å². The molecule has 3 N–H and O–H groups in total. The van der Waals surface area contributed by atoms with Crippen LogP contribution in [0, 0.1) is 0 Å². The largest absolute Gasteiger partial charge is 0.382 e. The number of nitrogens with one attached hydrogen (secondary N) is 1. The van der Waals surface area contributed by atoms with Gasteiger partial charge in [0.15, 0.2) is 0 Å². The second-order valence-corrected chi connectivity index (χ2v) is 4.89. The highest BCUT2D eigenvalue weighted by atomic mass is 32.2. The highest BCUT2D eigenvalue weighted by Gasteiger charge is 2.12. The van der Waals surface area contributed by atoms with Crippen molar-refractivity contribution in [2.45, 2.75) is 17.2 Å². The highest BCUT2D eigenvalue weighted by Crippen LogP contribution is 2.31. The molecule has 0 spiro atoms. The molecule has 0 atom stereocenters. The molecular weight excluding hydrogens is 286 g/mol. The van der Waals surface area contributed by atoms with Gasteiger partial charge >= 0.3 is 0 Å². The third-order valence-corrected chi connectivity index (χ3v) is 3.13. The maximum atomic E-state index is 12.4. The number of anilines is 2. The maximum absolute atomic E-state index is 12.4. The first-order valence-corrected chi connectivity index (χ1v) is 6.55. The van der Waals surface area contributed by atoms with Crippen LogP contribution in [-0.2, 0) is 11.3 Å². The monoisotopic (exact) mass is 298 g/mol. The number of hydrogen-bond acceptors (Lipinski definition) is 4. The van der Waals surface area contributed by atoms with E-state index in [2.05, 4.69) is 10.4 Å². The lowest BCUT2D eigenvalue weighted by Gasteiger charge is -2.10. The molecular formula is C12H12F2N4OS. The molecule has 0 aliphatic rings. The summed E-state index contributed by atoms with van der Waals surface area (Å²) in [6, 6.07) is 7.96. The van der Waals surface area contributed by atoms with Crippen molar-refractivity contribution in [1.29, 1.82) is 0 Å². The zero-order valence-electron chi connectivity index (χ0n) is 10.3. The first kappa shape index (κ1) is 14.3. The zero-order valence-corrected chi connectivity index (χ0v) is 11.1. The van der Waals surface area contributed by atoms with Gasteiger partial charge in [-0.2, -0.15) is 13.9 Å². The molecule has 8 heteroatoms. The Morgan fingerprint density at radius 2 is 2.15 bits per heavy atom. The Labute approximate surface area is 118 Å². The fourth-order valence-corrected chi connectivity index (χ4v) is 2.17. The SMILES string of the molecule is Nc1ccn(CC(=O)Nc2ccccc2SC(F)F)n1. The molecule has 106 valence electrons. The van der Waals surface area contributed by atoms with E-state index in [1.54, 1.807) is 30.5 Å². The minimum Gasteiger partial charge on any atom is -0.382 e. The van der Waals surface area contributed by atoms with Crippen LogP contribution < -0.4 is 11.1 Å². The van der Waals surface area contributed by atoms with E-state index in [4.69, 9.17) is 5.73 Å². The van der Waals surface area contributed by atoms with Crippen molar-refractivity contribution >= 4 is 29.2 Å². The molecule has 0 aliphatic heterocycles.